The molecular formula is C31H27ClN2O5S. The van der Waals surface area contributed by atoms with Gasteiger partial charge in [-0.1, -0.05) is 77.5 Å². The number of aromatic nitrogens is 1. The van der Waals surface area contributed by atoms with Crippen LogP contribution in [0.4, 0.5) is 0 Å². The lowest BCUT2D eigenvalue weighted by Crippen LogP contribution is -2.39. The van der Waals surface area contributed by atoms with Crippen molar-refractivity contribution < 1.29 is 19.0 Å². The number of thiazole rings is 1. The highest BCUT2D eigenvalue weighted by Gasteiger charge is 2.33. The lowest BCUT2D eigenvalue weighted by atomic mass is 9.96. The van der Waals surface area contributed by atoms with Crippen molar-refractivity contribution in [1.29, 1.82) is 0 Å². The first-order valence-electron chi connectivity index (χ1n) is 12.7. The van der Waals surface area contributed by atoms with Crippen LogP contribution in [0.1, 0.15) is 36.6 Å². The highest BCUT2D eigenvalue weighted by molar-refractivity contribution is 7.07. The van der Waals surface area contributed by atoms with Crippen LogP contribution in [0, 0.1) is 0 Å². The number of fused-ring (bicyclic) bond motifs is 1. The second-order valence-electron chi connectivity index (χ2n) is 9.01. The van der Waals surface area contributed by atoms with E-state index in [2.05, 4.69) is 4.99 Å². The summed E-state index contributed by atoms with van der Waals surface area (Å²) in [6, 6.07) is 21.7. The van der Waals surface area contributed by atoms with Crippen LogP contribution in [0.15, 0.2) is 93.9 Å². The average molecular weight is 575 g/mol. The van der Waals surface area contributed by atoms with E-state index in [1.54, 1.807) is 49.8 Å². The quantitative estimate of drug-likeness (QED) is 0.276. The average Bonchev–Trinajstić information content (AvgIpc) is 3.26. The molecule has 2 heterocycles. The molecule has 0 N–H and O–H groups in total. The zero-order valence-electron chi connectivity index (χ0n) is 22.2. The van der Waals surface area contributed by atoms with Gasteiger partial charge in [-0.2, -0.15) is 0 Å². The summed E-state index contributed by atoms with van der Waals surface area (Å²) in [5.74, 6) is 0.560. The Morgan fingerprint density at radius 3 is 2.52 bits per heavy atom. The lowest BCUT2D eigenvalue weighted by Gasteiger charge is -2.24. The zero-order valence-corrected chi connectivity index (χ0v) is 23.8. The maximum Gasteiger partial charge on any atom is 0.338 e. The molecule has 0 bridgehead atoms. The molecule has 1 aliphatic rings. The monoisotopic (exact) mass is 574 g/mol. The van der Waals surface area contributed by atoms with E-state index in [4.69, 9.17) is 25.8 Å². The van der Waals surface area contributed by atoms with Crippen LogP contribution in [0.3, 0.4) is 0 Å². The Morgan fingerprint density at radius 2 is 1.82 bits per heavy atom. The molecule has 1 atom stereocenters. The number of para-hydroxylation sites is 1. The topological polar surface area (TPSA) is 79.1 Å². The number of halogens is 1. The molecule has 0 aliphatic carbocycles. The van der Waals surface area contributed by atoms with Gasteiger partial charge >= 0.3 is 5.97 Å². The largest absolute Gasteiger partial charge is 0.493 e. The maximum absolute atomic E-state index is 13.9. The summed E-state index contributed by atoms with van der Waals surface area (Å²) in [5, 5.41) is 0.646. The number of esters is 1. The van der Waals surface area contributed by atoms with Crippen molar-refractivity contribution in [2.75, 3.05) is 13.7 Å². The van der Waals surface area contributed by atoms with Crippen LogP contribution in [-0.4, -0.2) is 24.3 Å². The molecule has 0 fully saturated rings. The van der Waals surface area contributed by atoms with E-state index in [0.29, 0.717) is 42.7 Å². The number of carbonyl (C=O) groups is 1. The molecule has 40 heavy (non-hydrogen) atoms. The SMILES string of the molecule is CCOC(=O)C1=C(C)N=c2s/c(=C/c3cccc(OC)c3OCc3ccc(Cl)cc3)c(=O)n2[C@H]1c1ccccc1. The van der Waals surface area contributed by atoms with Crippen molar-refractivity contribution in [3.63, 3.8) is 0 Å². The second-order valence-corrected chi connectivity index (χ2v) is 10.5. The van der Waals surface area contributed by atoms with E-state index in [1.807, 2.05) is 54.6 Å². The molecule has 0 radical (unpaired) electrons. The fourth-order valence-corrected chi connectivity index (χ4v) is 5.74. The standard InChI is InChI=1S/C31H27ClN2O5S/c1-4-38-30(36)26-19(2)33-31-34(27(26)21-9-6-5-7-10-21)29(35)25(40-31)17-22-11-8-12-24(37-3)28(22)39-18-20-13-15-23(32)16-14-20/h5-17,27H,4,18H2,1-3H3/b25-17+/t27-/m0/s1. The van der Waals surface area contributed by atoms with Crippen LogP contribution in [-0.2, 0) is 16.1 Å². The molecule has 0 amide bonds. The Labute approximate surface area is 240 Å². The molecule has 1 aromatic heterocycles. The summed E-state index contributed by atoms with van der Waals surface area (Å²) in [4.78, 5) is 32.1. The number of carbonyl (C=O) groups excluding carboxylic acids is 1. The Hall–Kier alpha value is -4.14. The van der Waals surface area contributed by atoms with Crippen molar-refractivity contribution >= 4 is 35.0 Å². The van der Waals surface area contributed by atoms with Crippen molar-refractivity contribution in [3.05, 3.63) is 125 Å². The summed E-state index contributed by atoms with van der Waals surface area (Å²) >= 11 is 7.27. The third-order valence-electron chi connectivity index (χ3n) is 6.44. The number of ether oxygens (including phenoxy) is 3. The predicted octanol–water partition coefficient (Wildman–Crippen LogP) is 5.04. The van der Waals surface area contributed by atoms with E-state index in [0.717, 1.165) is 11.1 Å². The normalized spacial score (nSPS) is 14.9. The van der Waals surface area contributed by atoms with Gasteiger partial charge in [0.1, 0.15) is 6.61 Å². The number of methoxy groups -OCH3 is 1. The van der Waals surface area contributed by atoms with E-state index < -0.39 is 12.0 Å². The van der Waals surface area contributed by atoms with Gasteiger partial charge in [0, 0.05) is 10.6 Å². The van der Waals surface area contributed by atoms with Crippen LogP contribution < -0.4 is 24.4 Å². The van der Waals surface area contributed by atoms with Crippen LogP contribution >= 0.6 is 22.9 Å². The van der Waals surface area contributed by atoms with Crippen molar-refractivity contribution in [2.45, 2.75) is 26.5 Å². The first-order valence-corrected chi connectivity index (χ1v) is 13.9. The minimum Gasteiger partial charge on any atom is -0.493 e. The van der Waals surface area contributed by atoms with Gasteiger partial charge in [0.2, 0.25) is 0 Å². The zero-order chi connectivity index (χ0) is 28.2. The molecule has 9 heteroatoms. The Kier molecular flexibility index (Phi) is 8.19. The van der Waals surface area contributed by atoms with Gasteiger partial charge in [-0.3, -0.25) is 9.36 Å². The Morgan fingerprint density at radius 1 is 1.07 bits per heavy atom. The van der Waals surface area contributed by atoms with E-state index in [-0.39, 0.29) is 18.8 Å². The number of nitrogens with zero attached hydrogens (tertiary/aromatic N) is 2. The minimum absolute atomic E-state index is 0.218. The second kappa shape index (κ2) is 11.9. The predicted molar refractivity (Wildman–Crippen MR) is 156 cm³/mol. The van der Waals surface area contributed by atoms with Crippen molar-refractivity contribution in [1.82, 2.24) is 4.57 Å². The van der Waals surface area contributed by atoms with Crippen molar-refractivity contribution in [2.24, 2.45) is 4.99 Å². The molecule has 0 saturated carbocycles. The van der Waals surface area contributed by atoms with E-state index in [1.165, 1.54) is 11.3 Å². The van der Waals surface area contributed by atoms with Gasteiger partial charge in [0.15, 0.2) is 16.3 Å². The Balaban J connectivity index is 1.62. The third-order valence-corrected chi connectivity index (χ3v) is 7.68. The number of benzene rings is 3. The molecule has 0 spiro atoms. The highest BCUT2D eigenvalue weighted by Crippen LogP contribution is 2.33. The molecular weight excluding hydrogens is 548 g/mol. The molecule has 0 saturated heterocycles. The van der Waals surface area contributed by atoms with Gasteiger partial charge in [0.25, 0.3) is 5.56 Å². The summed E-state index contributed by atoms with van der Waals surface area (Å²) in [6.07, 6.45) is 1.77. The number of hydrogen-bond acceptors (Lipinski definition) is 7. The summed E-state index contributed by atoms with van der Waals surface area (Å²) in [5.41, 5.74) is 3.01. The van der Waals surface area contributed by atoms with E-state index in [9.17, 15) is 9.59 Å². The van der Waals surface area contributed by atoms with Gasteiger partial charge < -0.3 is 14.2 Å². The van der Waals surface area contributed by atoms with Gasteiger partial charge in [0.05, 0.1) is 35.6 Å². The summed E-state index contributed by atoms with van der Waals surface area (Å²) in [7, 11) is 1.57. The molecule has 3 aromatic carbocycles. The first-order chi connectivity index (χ1) is 19.4. The lowest BCUT2D eigenvalue weighted by molar-refractivity contribution is -0.139. The molecule has 0 unspecified atom stereocenters. The van der Waals surface area contributed by atoms with Crippen LogP contribution in [0.5, 0.6) is 11.5 Å². The van der Waals surface area contributed by atoms with Crippen molar-refractivity contribution in [3.8, 4) is 11.5 Å². The number of rotatable bonds is 8. The Bertz CT molecular complexity index is 1760. The molecule has 4 aromatic rings. The molecule has 5 rings (SSSR count). The summed E-state index contributed by atoms with van der Waals surface area (Å²) < 4.78 is 19.1. The first kappa shape index (κ1) is 27.4. The minimum atomic E-state index is -0.662. The van der Waals surface area contributed by atoms with Crippen LogP contribution in [0.2, 0.25) is 5.02 Å². The molecule has 204 valence electrons. The fourth-order valence-electron chi connectivity index (χ4n) is 4.58. The third kappa shape index (κ3) is 5.46. The molecule has 1 aliphatic heterocycles. The molecule has 7 nitrogen and oxygen atoms in total. The van der Waals surface area contributed by atoms with Gasteiger partial charge in [-0.25, -0.2) is 9.79 Å². The smallest absolute Gasteiger partial charge is 0.338 e. The maximum atomic E-state index is 13.9. The van der Waals surface area contributed by atoms with E-state index >= 15 is 0 Å². The summed E-state index contributed by atoms with van der Waals surface area (Å²) in [6.45, 7) is 4.03. The number of allylic oxidation sites excluding steroid dienone is 1. The number of hydrogen-bond donors (Lipinski definition) is 0. The van der Waals surface area contributed by atoms with Crippen LogP contribution in [0.25, 0.3) is 6.08 Å². The van der Waals surface area contributed by atoms with Gasteiger partial charge in [-0.15, -0.1) is 0 Å². The fraction of sp³-hybridized carbons (Fsp3) is 0.194. The highest BCUT2D eigenvalue weighted by atomic mass is 35.5. The van der Waals surface area contributed by atoms with Gasteiger partial charge in [-0.05, 0) is 49.2 Å².